The number of aromatic nitrogens is 6. The van der Waals surface area contributed by atoms with E-state index >= 15 is 0 Å². The molecule has 0 saturated carbocycles. The fourth-order valence-electron chi connectivity index (χ4n) is 4.08. The Labute approximate surface area is 216 Å². The van der Waals surface area contributed by atoms with Crippen LogP contribution >= 0.6 is 11.3 Å². The molecular weight excluding hydrogens is 485 g/mol. The molecule has 9 heteroatoms. The molecule has 184 valence electrons. The molecule has 6 aromatic rings. The fraction of sp³-hybridized carbons (Fsp3) is 0.143. The smallest absolute Gasteiger partial charge is 0.177 e. The number of allylic oxidation sites excluding steroid dienone is 1. The second kappa shape index (κ2) is 8.63. The van der Waals surface area contributed by atoms with E-state index in [1.807, 2.05) is 30.3 Å². The summed E-state index contributed by atoms with van der Waals surface area (Å²) in [5.41, 5.74) is 8.01. The summed E-state index contributed by atoms with van der Waals surface area (Å²) < 4.78 is 13.7. The SMILES string of the molecule is C=C(Nc1cncc(-c2ccc3[nH]nc(-c4cc5c(-c6ccc(F)s6)nccc5[nH]4)c3n2)c1)C(C)(C)C. The van der Waals surface area contributed by atoms with E-state index in [4.69, 9.17) is 4.98 Å². The Kier molecular flexibility index (Phi) is 5.38. The van der Waals surface area contributed by atoms with E-state index in [0.29, 0.717) is 5.69 Å². The molecule has 0 bridgehead atoms. The molecule has 37 heavy (non-hydrogen) atoms. The van der Waals surface area contributed by atoms with Crippen molar-refractivity contribution in [2.75, 3.05) is 5.32 Å². The topological polar surface area (TPSA) is 95.2 Å². The predicted octanol–water partition coefficient (Wildman–Crippen LogP) is 7.40. The van der Waals surface area contributed by atoms with Crippen molar-refractivity contribution in [3.05, 3.63) is 78.5 Å². The standard InChI is InChI=1S/C28H24FN7S/c1-15(28(2,3)4)32-17-11-16(13-30-14-17)19-5-6-21-26(34-19)27(36-35-21)22-12-18-20(33-22)9-10-31-25(18)23-7-8-24(29)37-23/h5-14,32-33H,1H2,2-4H3,(H,35,36). The highest BCUT2D eigenvalue weighted by atomic mass is 32.1. The number of anilines is 1. The van der Waals surface area contributed by atoms with Gasteiger partial charge in [-0.25, -0.2) is 4.98 Å². The summed E-state index contributed by atoms with van der Waals surface area (Å²) in [6.07, 6.45) is 5.29. The number of rotatable bonds is 5. The number of pyridine rings is 3. The van der Waals surface area contributed by atoms with E-state index in [1.54, 1.807) is 24.7 Å². The lowest BCUT2D eigenvalue weighted by molar-refractivity contribution is 0.509. The number of halogens is 1. The normalized spacial score (nSPS) is 11.9. The van der Waals surface area contributed by atoms with Crippen molar-refractivity contribution in [1.82, 2.24) is 30.1 Å². The molecule has 7 nitrogen and oxygen atoms in total. The molecule has 0 spiro atoms. The lowest BCUT2D eigenvalue weighted by Crippen LogP contribution is -2.15. The van der Waals surface area contributed by atoms with Crippen LogP contribution in [0.3, 0.4) is 0 Å². The van der Waals surface area contributed by atoms with Gasteiger partial charge in [0.15, 0.2) is 5.13 Å². The molecule has 0 amide bonds. The average Bonchev–Trinajstić information content (AvgIpc) is 3.60. The maximum absolute atomic E-state index is 13.7. The van der Waals surface area contributed by atoms with Crippen molar-refractivity contribution in [1.29, 1.82) is 0 Å². The minimum Gasteiger partial charge on any atom is -0.358 e. The maximum Gasteiger partial charge on any atom is 0.177 e. The number of nitrogens with one attached hydrogen (secondary N) is 3. The quantitative estimate of drug-likeness (QED) is 0.225. The molecule has 0 aliphatic carbocycles. The average molecular weight is 510 g/mol. The van der Waals surface area contributed by atoms with Crippen molar-refractivity contribution in [3.8, 4) is 33.2 Å². The number of hydrogen-bond acceptors (Lipinski definition) is 6. The molecule has 0 aliphatic heterocycles. The third-order valence-corrected chi connectivity index (χ3v) is 7.13. The van der Waals surface area contributed by atoms with E-state index in [-0.39, 0.29) is 10.5 Å². The van der Waals surface area contributed by atoms with Crippen molar-refractivity contribution < 1.29 is 4.39 Å². The van der Waals surface area contributed by atoms with Crippen LogP contribution in [0.25, 0.3) is 55.2 Å². The van der Waals surface area contributed by atoms with E-state index in [1.165, 1.54) is 6.07 Å². The lowest BCUT2D eigenvalue weighted by Gasteiger charge is -2.23. The van der Waals surface area contributed by atoms with Crippen molar-refractivity contribution in [2.24, 2.45) is 5.41 Å². The monoisotopic (exact) mass is 509 g/mol. The first kappa shape index (κ1) is 23.1. The van der Waals surface area contributed by atoms with Gasteiger partial charge in [0.05, 0.1) is 39.4 Å². The van der Waals surface area contributed by atoms with Crippen LogP contribution in [0, 0.1) is 10.5 Å². The van der Waals surface area contributed by atoms with Gasteiger partial charge in [0.2, 0.25) is 0 Å². The van der Waals surface area contributed by atoms with Gasteiger partial charge in [-0.05, 0) is 42.5 Å². The zero-order valence-electron chi connectivity index (χ0n) is 20.6. The third kappa shape index (κ3) is 4.27. The second-order valence-corrected chi connectivity index (χ2v) is 10.9. The first-order valence-corrected chi connectivity index (χ1v) is 12.6. The molecule has 6 rings (SSSR count). The van der Waals surface area contributed by atoms with Gasteiger partial charge in [0.1, 0.15) is 11.2 Å². The highest BCUT2D eigenvalue weighted by Gasteiger charge is 2.18. The third-order valence-electron chi connectivity index (χ3n) is 6.25. The molecule has 0 atom stereocenters. The maximum atomic E-state index is 13.7. The summed E-state index contributed by atoms with van der Waals surface area (Å²) in [5, 5.41) is 11.6. The fourth-order valence-corrected chi connectivity index (χ4v) is 4.82. The van der Waals surface area contributed by atoms with E-state index in [2.05, 4.69) is 57.8 Å². The number of nitrogens with zero attached hydrogens (tertiary/aromatic N) is 4. The largest absolute Gasteiger partial charge is 0.358 e. The molecule has 0 saturated heterocycles. The zero-order chi connectivity index (χ0) is 25.7. The van der Waals surface area contributed by atoms with Crippen LogP contribution in [0.15, 0.2) is 73.3 Å². The second-order valence-electron chi connectivity index (χ2n) is 9.89. The number of aromatic amines is 2. The molecule has 0 radical (unpaired) electrons. The van der Waals surface area contributed by atoms with Crippen molar-refractivity contribution in [3.63, 3.8) is 0 Å². The first-order chi connectivity index (χ1) is 17.8. The molecule has 6 heterocycles. The zero-order valence-corrected chi connectivity index (χ0v) is 21.4. The van der Waals surface area contributed by atoms with Gasteiger partial charge < -0.3 is 10.3 Å². The number of thiophene rings is 1. The number of H-pyrrole nitrogens is 2. The van der Waals surface area contributed by atoms with Crippen LogP contribution in [0.4, 0.5) is 10.1 Å². The van der Waals surface area contributed by atoms with Crippen LogP contribution in [0.1, 0.15) is 20.8 Å². The summed E-state index contributed by atoms with van der Waals surface area (Å²) in [5.74, 6) is 0. The van der Waals surface area contributed by atoms with Gasteiger partial charge >= 0.3 is 0 Å². The Hall–Kier alpha value is -4.37. The Morgan fingerprint density at radius 3 is 2.68 bits per heavy atom. The summed E-state index contributed by atoms with van der Waals surface area (Å²) >= 11 is 1.08. The van der Waals surface area contributed by atoms with Crippen LogP contribution in [-0.2, 0) is 0 Å². The number of hydrogen-bond donors (Lipinski definition) is 3. The lowest BCUT2D eigenvalue weighted by atomic mass is 9.93. The minimum absolute atomic E-state index is 0.0779. The van der Waals surface area contributed by atoms with Crippen molar-refractivity contribution in [2.45, 2.75) is 20.8 Å². The van der Waals surface area contributed by atoms with Gasteiger partial charge in [-0.3, -0.25) is 15.1 Å². The molecule has 0 unspecified atom stereocenters. The summed E-state index contributed by atoms with van der Waals surface area (Å²) in [7, 11) is 0. The Bertz CT molecular complexity index is 1790. The van der Waals surface area contributed by atoms with Gasteiger partial charge in [-0.2, -0.15) is 9.49 Å². The first-order valence-electron chi connectivity index (χ1n) is 11.8. The highest BCUT2D eigenvalue weighted by molar-refractivity contribution is 7.13. The Balaban J connectivity index is 1.40. The summed E-state index contributed by atoms with van der Waals surface area (Å²) in [6, 6.07) is 13.0. The van der Waals surface area contributed by atoms with E-state index < -0.39 is 0 Å². The number of fused-ring (bicyclic) bond motifs is 2. The highest BCUT2D eigenvalue weighted by Crippen LogP contribution is 2.35. The molecule has 0 aromatic carbocycles. The van der Waals surface area contributed by atoms with E-state index in [0.717, 1.165) is 72.2 Å². The molecule has 3 N–H and O–H groups in total. The molecule has 0 fully saturated rings. The van der Waals surface area contributed by atoms with Crippen molar-refractivity contribution >= 4 is 39.0 Å². The van der Waals surface area contributed by atoms with Crippen LogP contribution < -0.4 is 5.32 Å². The van der Waals surface area contributed by atoms with Crippen LogP contribution in [0.5, 0.6) is 0 Å². The van der Waals surface area contributed by atoms with Crippen LogP contribution in [-0.4, -0.2) is 30.1 Å². The summed E-state index contributed by atoms with van der Waals surface area (Å²) in [6.45, 7) is 10.5. The van der Waals surface area contributed by atoms with Gasteiger partial charge in [0, 0.05) is 40.0 Å². The van der Waals surface area contributed by atoms with Crippen LogP contribution in [0.2, 0.25) is 0 Å². The molecule has 0 aliphatic rings. The molecule has 6 aromatic heterocycles. The summed E-state index contributed by atoms with van der Waals surface area (Å²) in [4.78, 5) is 18.1. The Morgan fingerprint density at radius 1 is 1.03 bits per heavy atom. The Morgan fingerprint density at radius 2 is 1.89 bits per heavy atom. The van der Waals surface area contributed by atoms with E-state index in [9.17, 15) is 4.39 Å². The minimum atomic E-state index is -0.240. The molecular formula is C28H24FN7S. The van der Waals surface area contributed by atoms with Gasteiger partial charge in [-0.15, -0.1) is 11.3 Å². The predicted molar refractivity (Wildman–Crippen MR) is 148 cm³/mol. The van der Waals surface area contributed by atoms with Gasteiger partial charge in [0.25, 0.3) is 0 Å². The van der Waals surface area contributed by atoms with Gasteiger partial charge in [-0.1, -0.05) is 27.4 Å².